The van der Waals surface area contributed by atoms with Gasteiger partial charge in [0.25, 0.3) is 0 Å². The summed E-state index contributed by atoms with van der Waals surface area (Å²) in [5, 5.41) is 18.8. The highest BCUT2D eigenvalue weighted by molar-refractivity contribution is 8.02. The summed E-state index contributed by atoms with van der Waals surface area (Å²) < 4.78 is 0. The van der Waals surface area contributed by atoms with Gasteiger partial charge >= 0.3 is 5.97 Å². The molecular formula is C9H8O3S. The van der Waals surface area contributed by atoms with Gasteiger partial charge in [-0.2, -0.15) is 0 Å². The van der Waals surface area contributed by atoms with Gasteiger partial charge in [-0.25, -0.2) is 4.79 Å². The molecule has 0 aliphatic carbocycles. The lowest BCUT2D eigenvalue weighted by Crippen LogP contribution is -1.84. The number of hydrogen-bond donors (Lipinski definition) is 2. The number of phenols is 1. The first-order valence-electron chi connectivity index (χ1n) is 3.53. The molecular weight excluding hydrogens is 188 g/mol. The van der Waals surface area contributed by atoms with Crippen molar-refractivity contribution >= 4 is 17.7 Å². The molecule has 0 fully saturated rings. The minimum atomic E-state index is -0.979. The first-order chi connectivity index (χ1) is 6.18. The number of carboxylic acid groups (broad SMARTS) is 1. The molecule has 1 aromatic carbocycles. The van der Waals surface area contributed by atoms with Crippen molar-refractivity contribution in [1.29, 1.82) is 0 Å². The summed E-state index contributed by atoms with van der Waals surface area (Å²) in [7, 11) is 0. The summed E-state index contributed by atoms with van der Waals surface area (Å²) in [5.41, 5.74) is 0. The van der Waals surface area contributed by atoms with Crippen LogP contribution in [0.4, 0.5) is 0 Å². The van der Waals surface area contributed by atoms with Gasteiger partial charge in [0.2, 0.25) is 0 Å². The van der Waals surface area contributed by atoms with Gasteiger partial charge in [-0.3, -0.25) is 0 Å². The van der Waals surface area contributed by atoms with Crippen molar-refractivity contribution < 1.29 is 15.0 Å². The molecule has 2 N–H and O–H groups in total. The Hall–Kier alpha value is -1.42. The number of phenolic OH excluding ortho intramolecular Hbond substituents is 1. The molecule has 0 aliphatic heterocycles. The van der Waals surface area contributed by atoms with Crippen LogP contribution in [0, 0.1) is 0 Å². The van der Waals surface area contributed by atoms with Gasteiger partial charge in [0.1, 0.15) is 5.75 Å². The predicted octanol–water partition coefficient (Wildman–Crippen LogP) is 2.08. The molecule has 0 unspecified atom stereocenters. The highest BCUT2D eigenvalue weighted by Crippen LogP contribution is 2.22. The lowest BCUT2D eigenvalue weighted by atomic mass is 10.3. The molecule has 0 radical (unpaired) electrons. The van der Waals surface area contributed by atoms with E-state index in [0.717, 1.165) is 11.0 Å². The molecule has 0 saturated heterocycles. The Kier molecular flexibility index (Phi) is 3.40. The van der Waals surface area contributed by atoms with Crippen LogP contribution in [0.1, 0.15) is 0 Å². The SMILES string of the molecule is O=C(O)/C=C/Sc1cccc(O)c1. The van der Waals surface area contributed by atoms with Crippen LogP contribution in [-0.2, 0) is 4.79 Å². The van der Waals surface area contributed by atoms with Gasteiger partial charge < -0.3 is 10.2 Å². The summed E-state index contributed by atoms with van der Waals surface area (Å²) >= 11 is 1.24. The van der Waals surface area contributed by atoms with E-state index < -0.39 is 5.97 Å². The van der Waals surface area contributed by atoms with Crippen molar-refractivity contribution in [2.24, 2.45) is 0 Å². The van der Waals surface area contributed by atoms with Crippen molar-refractivity contribution in [3.63, 3.8) is 0 Å². The average Bonchev–Trinajstić information content (AvgIpc) is 2.03. The average molecular weight is 196 g/mol. The van der Waals surface area contributed by atoms with Crippen LogP contribution in [0.15, 0.2) is 40.6 Å². The van der Waals surface area contributed by atoms with Gasteiger partial charge in [-0.15, -0.1) is 0 Å². The number of benzene rings is 1. The minimum absolute atomic E-state index is 0.175. The third kappa shape index (κ3) is 3.66. The van der Waals surface area contributed by atoms with Crippen LogP contribution in [0.2, 0.25) is 0 Å². The summed E-state index contributed by atoms with van der Waals surface area (Å²) in [6, 6.07) is 6.62. The smallest absolute Gasteiger partial charge is 0.328 e. The predicted molar refractivity (Wildman–Crippen MR) is 50.7 cm³/mol. The molecule has 13 heavy (non-hydrogen) atoms. The standard InChI is InChI=1S/C9H8O3S/c10-7-2-1-3-8(6-7)13-5-4-9(11)12/h1-6,10H,(H,11,12)/b5-4+. The number of carbonyl (C=O) groups is 1. The number of carboxylic acids is 1. The first-order valence-corrected chi connectivity index (χ1v) is 4.41. The second-order valence-corrected chi connectivity index (χ2v) is 3.24. The van der Waals surface area contributed by atoms with Crippen LogP contribution >= 0.6 is 11.8 Å². The maximum Gasteiger partial charge on any atom is 0.328 e. The Balaban J connectivity index is 2.59. The molecule has 0 saturated carbocycles. The molecule has 0 amide bonds. The minimum Gasteiger partial charge on any atom is -0.508 e. The fourth-order valence-corrected chi connectivity index (χ4v) is 1.42. The molecule has 68 valence electrons. The Morgan fingerprint density at radius 1 is 1.46 bits per heavy atom. The van der Waals surface area contributed by atoms with Gasteiger partial charge in [-0.1, -0.05) is 17.8 Å². The topological polar surface area (TPSA) is 57.5 Å². The van der Waals surface area contributed by atoms with Gasteiger partial charge in [-0.05, 0) is 23.6 Å². The third-order valence-corrected chi connectivity index (χ3v) is 2.03. The Morgan fingerprint density at radius 3 is 2.85 bits per heavy atom. The number of aliphatic carboxylic acids is 1. The second kappa shape index (κ2) is 4.57. The molecule has 0 spiro atoms. The van der Waals surface area contributed by atoms with E-state index >= 15 is 0 Å². The number of hydrogen-bond acceptors (Lipinski definition) is 3. The van der Waals surface area contributed by atoms with E-state index in [9.17, 15) is 4.79 Å². The van der Waals surface area contributed by atoms with E-state index in [1.165, 1.54) is 17.2 Å². The molecule has 0 bridgehead atoms. The zero-order valence-electron chi connectivity index (χ0n) is 6.68. The summed E-state index contributed by atoms with van der Waals surface area (Å²) in [5.74, 6) is -0.804. The largest absolute Gasteiger partial charge is 0.508 e. The normalized spacial score (nSPS) is 10.5. The molecule has 0 heterocycles. The van der Waals surface area contributed by atoms with Gasteiger partial charge in [0.15, 0.2) is 0 Å². The van der Waals surface area contributed by atoms with Crippen LogP contribution in [0.5, 0.6) is 5.75 Å². The number of aromatic hydroxyl groups is 1. The highest BCUT2D eigenvalue weighted by Gasteiger charge is 1.92. The summed E-state index contributed by atoms with van der Waals surface area (Å²) in [6.45, 7) is 0. The van der Waals surface area contributed by atoms with Gasteiger partial charge in [0, 0.05) is 11.0 Å². The maximum atomic E-state index is 10.1. The van der Waals surface area contributed by atoms with E-state index in [0.29, 0.717) is 0 Å². The van der Waals surface area contributed by atoms with E-state index in [-0.39, 0.29) is 5.75 Å². The Morgan fingerprint density at radius 2 is 2.23 bits per heavy atom. The van der Waals surface area contributed by atoms with Crippen LogP contribution in [0.25, 0.3) is 0 Å². The lowest BCUT2D eigenvalue weighted by molar-refractivity contribution is -0.131. The highest BCUT2D eigenvalue weighted by atomic mass is 32.2. The first kappa shape index (κ1) is 9.67. The number of thioether (sulfide) groups is 1. The summed E-state index contributed by atoms with van der Waals surface area (Å²) in [6.07, 6.45) is 1.05. The number of rotatable bonds is 3. The molecule has 0 aliphatic rings. The summed E-state index contributed by atoms with van der Waals surface area (Å²) in [4.78, 5) is 10.9. The Bertz CT molecular complexity index is 333. The molecule has 1 rings (SSSR count). The van der Waals surface area contributed by atoms with E-state index in [2.05, 4.69) is 0 Å². The van der Waals surface area contributed by atoms with Crippen LogP contribution in [0.3, 0.4) is 0 Å². The van der Waals surface area contributed by atoms with Crippen molar-refractivity contribution in [3.05, 3.63) is 35.7 Å². The molecule has 3 nitrogen and oxygen atoms in total. The maximum absolute atomic E-state index is 10.1. The van der Waals surface area contributed by atoms with Crippen molar-refractivity contribution in [2.45, 2.75) is 4.90 Å². The van der Waals surface area contributed by atoms with E-state index in [1.807, 2.05) is 0 Å². The molecule has 0 atom stereocenters. The van der Waals surface area contributed by atoms with Gasteiger partial charge in [0.05, 0.1) is 0 Å². The van der Waals surface area contributed by atoms with Crippen molar-refractivity contribution in [3.8, 4) is 5.75 Å². The zero-order chi connectivity index (χ0) is 9.68. The lowest BCUT2D eigenvalue weighted by Gasteiger charge is -1.95. The van der Waals surface area contributed by atoms with E-state index in [1.54, 1.807) is 24.3 Å². The molecule has 0 aromatic heterocycles. The molecule has 4 heteroatoms. The monoisotopic (exact) mass is 196 g/mol. The third-order valence-electron chi connectivity index (χ3n) is 1.23. The second-order valence-electron chi connectivity index (χ2n) is 2.26. The van der Waals surface area contributed by atoms with E-state index in [4.69, 9.17) is 10.2 Å². The van der Waals surface area contributed by atoms with Crippen LogP contribution < -0.4 is 0 Å². The van der Waals surface area contributed by atoms with Crippen LogP contribution in [-0.4, -0.2) is 16.2 Å². The zero-order valence-corrected chi connectivity index (χ0v) is 7.49. The fraction of sp³-hybridized carbons (Fsp3) is 0. The van der Waals surface area contributed by atoms with Crippen molar-refractivity contribution in [1.82, 2.24) is 0 Å². The quantitative estimate of drug-likeness (QED) is 0.574. The van der Waals surface area contributed by atoms with Crippen molar-refractivity contribution in [2.75, 3.05) is 0 Å². The Labute approximate surface area is 79.7 Å². The fourth-order valence-electron chi connectivity index (χ4n) is 0.728. The molecule has 1 aromatic rings.